The first kappa shape index (κ1) is 22.8. The largest absolute Gasteiger partial charge is 0.491 e. The Hall–Kier alpha value is -2.87. The summed E-state index contributed by atoms with van der Waals surface area (Å²) in [5.41, 5.74) is 1.46. The van der Waals surface area contributed by atoms with Crippen LogP contribution in [0.5, 0.6) is 5.75 Å². The molecule has 1 heterocycles. The van der Waals surface area contributed by atoms with Gasteiger partial charge in [-0.2, -0.15) is 0 Å². The van der Waals surface area contributed by atoms with Gasteiger partial charge in [-0.25, -0.2) is 13.8 Å². The molecule has 0 aliphatic carbocycles. The van der Waals surface area contributed by atoms with Crippen LogP contribution in [-0.4, -0.2) is 52.0 Å². The third kappa shape index (κ3) is 6.82. The molecule has 0 radical (unpaired) electrons. The monoisotopic (exact) mass is 432 g/mol. The molecule has 3 rings (SSSR count). The Balaban J connectivity index is 1.58. The van der Waals surface area contributed by atoms with Gasteiger partial charge in [-0.1, -0.05) is 12.1 Å². The number of anilines is 1. The number of guanidine groups is 1. The van der Waals surface area contributed by atoms with Crippen molar-refractivity contribution in [2.24, 2.45) is 4.99 Å². The molecule has 1 fully saturated rings. The van der Waals surface area contributed by atoms with Gasteiger partial charge in [-0.15, -0.1) is 0 Å². The molecular formula is C23H30F2N4O2. The van der Waals surface area contributed by atoms with Crippen LogP contribution in [0.3, 0.4) is 0 Å². The summed E-state index contributed by atoms with van der Waals surface area (Å²) < 4.78 is 37.9. The summed E-state index contributed by atoms with van der Waals surface area (Å²) in [6.45, 7) is 5.60. The van der Waals surface area contributed by atoms with E-state index in [1.807, 2.05) is 36.1 Å². The van der Waals surface area contributed by atoms with Crippen molar-refractivity contribution in [1.82, 2.24) is 10.6 Å². The van der Waals surface area contributed by atoms with Gasteiger partial charge in [0.1, 0.15) is 24.0 Å². The van der Waals surface area contributed by atoms with Crippen LogP contribution in [0.4, 0.5) is 14.5 Å². The first-order valence-corrected chi connectivity index (χ1v) is 10.5. The van der Waals surface area contributed by atoms with Crippen molar-refractivity contribution in [2.45, 2.75) is 25.9 Å². The van der Waals surface area contributed by atoms with E-state index >= 15 is 0 Å². The number of rotatable bonds is 9. The van der Waals surface area contributed by atoms with E-state index in [-0.39, 0.29) is 6.04 Å². The molecule has 8 heteroatoms. The molecule has 168 valence electrons. The third-order valence-corrected chi connectivity index (χ3v) is 5.00. The first-order valence-electron chi connectivity index (χ1n) is 10.5. The highest BCUT2D eigenvalue weighted by atomic mass is 19.1. The molecule has 6 nitrogen and oxygen atoms in total. The molecule has 1 aliphatic heterocycles. The van der Waals surface area contributed by atoms with Crippen LogP contribution in [-0.2, 0) is 11.3 Å². The molecule has 1 unspecified atom stereocenters. The SMILES string of the molecule is CCNC(=NCc1cccc(OCCOC)c1)NC1CCN(c2ccc(F)cc2F)C1. The van der Waals surface area contributed by atoms with Gasteiger partial charge >= 0.3 is 0 Å². The number of nitrogens with one attached hydrogen (secondary N) is 2. The van der Waals surface area contributed by atoms with Crippen molar-refractivity contribution in [3.8, 4) is 5.75 Å². The van der Waals surface area contributed by atoms with Gasteiger partial charge in [-0.05, 0) is 43.2 Å². The summed E-state index contributed by atoms with van der Waals surface area (Å²) in [5.74, 6) is 0.397. The molecule has 0 saturated carbocycles. The maximum Gasteiger partial charge on any atom is 0.191 e. The van der Waals surface area contributed by atoms with E-state index in [1.54, 1.807) is 7.11 Å². The Morgan fingerprint density at radius 2 is 2.06 bits per heavy atom. The fourth-order valence-corrected chi connectivity index (χ4v) is 3.49. The molecule has 0 bridgehead atoms. The average Bonchev–Trinajstić information content (AvgIpc) is 3.21. The Morgan fingerprint density at radius 1 is 1.19 bits per heavy atom. The fraction of sp³-hybridized carbons (Fsp3) is 0.435. The van der Waals surface area contributed by atoms with E-state index < -0.39 is 11.6 Å². The maximum atomic E-state index is 14.1. The van der Waals surface area contributed by atoms with Gasteiger partial charge in [0.25, 0.3) is 0 Å². The van der Waals surface area contributed by atoms with E-state index in [1.165, 1.54) is 12.1 Å². The van der Waals surface area contributed by atoms with Crippen molar-refractivity contribution in [1.29, 1.82) is 0 Å². The zero-order valence-electron chi connectivity index (χ0n) is 18.0. The number of aliphatic imine (C=N–C) groups is 1. The van der Waals surface area contributed by atoms with Gasteiger partial charge in [0, 0.05) is 38.9 Å². The number of benzene rings is 2. The second kappa shape index (κ2) is 11.5. The number of methoxy groups -OCH3 is 1. The minimum absolute atomic E-state index is 0.117. The van der Waals surface area contributed by atoms with Gasteiger partial charge in [-0.3, -0.25) is 0 Å². The van der Waals surface area contributed by atoms with E-state index in [0.717, 1.165) is 30.3 Å². The highest BCUT2D eigenvalue weighted by Gasteiger charge is 2.25. The molecule has 1 atom stereocenters. The lowest BCUT2D eigenvalue weighted by atomic mass is 10.2. The second-order valence-corrected chi connectivity index (χ2v) is 7.36. The lowest BCUT2D eigenvalue weighted by molar-refractivity contribution is 0.146. The highest BCUT2D eigenvalue weighted by Crippen LogP contribution is 2.24. The van der Waals surface area contributed by atoms with Gasteiger partial charge in [0.2, 0.25) is 0 Å². The molecule has 0 spiro atoms. The summed E-state index contributed by atoms with van der Waals surface area (Å²) in [4.78, 5) is 6.61. The van der Waals surface area contributed by atoms with Crippen LogP contribution in [0.2, 0.25) is 0 Å². The molecule has 0 aromatic heterocycles. The van der Waals surface area contributed by atoms with Gasteiger partial charge < -0.3 is 25.0 Å². The summed E-state index contributed by atoms with van der Waals surface area (Å²) in [7, 11) is 1.64. The molecule has 1 aliphatic rings. The Bertz CT molecular complexity index is 878. The third-order valence-electron chi connectivity index (χ3n) is 5.00. The zero-order valence-corrected chi connectivity index (χ0v) is 18.0. The van der Waals surface area contributed by atoms with Crippen LogP contribution in [0.15, 0.2) is 47.5 Å². The lowest BCUT2D eigenvalue weighted by Gasteiger charge is -2.21. The number of hydrogen-bond donors (Lipinski definition) is 2. The molecular weight excluding hydrogens is 402 g/mol. The van der Waals surface area contributed by atoms with Crippen LogP contribution in [0.1, 0.15) is 18.9 Å². The zero-order chi connectivity index (χ0) is 22.1. The topological polar surface area (TPSA) is 58.1 Å². The van der Waals surface area contributed by atoms with E-state index in [4.69, 9.17) is 9.47 Å². The molecule has 31 heavy (non-hydrogen) atoms. The lowest BCUT2D eigenvalue weighted by Crippen LogP contribution is -2.44. The Morgan fingerprint density at radius 3 is 2.84 bits per heavy atom. The summed E-state index contributed by atoms with van der Waals surface area (Å²) >= 11 is 0. The second-order valence-electron chi connectivity index (χ2n) is 7.36. The molecule has 2 aromatic carbocycles. The highest BCUT2D eigenvalue weighted by molar-refractivity contribution is 5.80. The minimum atomic E-state index is -0.565. The van der Waals surface area contributed by atoms with Crippen molar-refractivity contribution in [3.63, 3.8) is 0 Å². The van der Waals surface area contributed by atoms with E-state index in [2.05, 4.69) is 15.6 Å². The van der Waals surface area contributed by atoms with E-state index in [9.17, 15) is 8.78 Å². The normalized spacial score (nSPS) is 16.5. The quantitative estimate of drug-likeness (QED) is 0.362. The minimum Gasteiger partial charge on any atom is -0.491 e. The number of nitrogens with zero attached hydrogens (tertiary/aromatic N) is 2. The standard InChI is InChI=1S/C23H30F2N4O2/c1-3-26-23(27-15-17-5-4-6-20(13-17)31-12-11-30-2)28-19-9-10-29(16-19)22-8-7-18(24)14-21(22)25/h4-8,13-14,19H,3,9-12,15-16H2,1-2H3,(H2,26,27,28). The fourth-order valence-electron chi connectivity index (χ4n) is 3.49. The van der Waals surface area contributed by atoms with Crippen LogP contribution < -0.4 is 20.3 Å². The van der Waals surface area contributed by atoms with Gasteiger partial charge in [0.15, 0.2) is 5.96 Å². The summed E-state index contributed by atoms with van der Waals surface area (Å²) in [6, 6.07) is 11.7. The van der Waals surface area contributed by atoms with Crippen LogP contribution in [0, 0.1) is 11.6 Å². The Kier molecular flexibility index (Phi) is 8.46. The smallest absolute Gasteiger partial charge is 0.191 e. The molecule has 1 saturated heterocycles. The molecule has 2 aromatic rings. The summed E-state index contributed by atoms with van der Waals surface area (Å²) in [6.07, 6.45) is 0.837. The molecule has 0 amide bonds. The van der Waals surface area contributed by atoms with Crippen molar-refractivity contribution in [2.75, 3.05) is 44.9 Å². The number of halogens is 2. The summed E-state index contributed by atoms with van der Waals surface area (Å²) in [5, 5.41) is 6.69. The number of hydrogen-bond acceptors (Lipinski definition) is 4. The average molecular weight is 433 g/mol. The van der Waals surface area contributed by atoms with Crippen LogP contribution in [0.25, 0.3) is 0 Å². The van der Waals surface area contributed by atoms with Crippen molar-refractivity contribution >= 4 is 11.6 Å². The maximum absolute atomic E-state index is 14.1. The van der Waals surface area contributed by atoms with E-state index in [0.29, 0.717) is 44.5 Å². The molecule has 2 N–H and O–H groups in total. The van der Waals surface area contributed by atoms with Crippen molar-refractivity contribution in [3.05, 3.63) is 59.7 Å². The van der Waals surface area contributed by atoms with Crippen molar-refractivity contribution < 1.29 is 18.3 Å². The Labute approximate surface area is 182 Å². The van der Waals surface area contributed by atoms with Crippen LogP contribution >= 0.6 is 0 Å². The first-order chi connectivity index (χ1) is 15.1. The van der Waals surface area contributed by atoms with Gasteiger partial charge in [0.05, 0.1) is 18.8 Å². The predicted molar refractivity (Wildman–Crippen MR) is 119 cm³/mol. The number of ether oxygens (including phenoxy) is 2. The predicted octanol–water partition coefficient (Wildman–Crippen LogP) is 3.32.